The molecule has 1 aliphatic heterocycles. The zero-order valence-electron chi connectivity index (χ0n) is 17.3. The summed E-state index contributed by atoms with van der Waals surface area (Å²) in [6.07, 6.45) is 5.12. The van der Waals surface area contributed by atoms with Crippen LogP contribution in [-0.4, -0.2) is 34.1 Å². The lowest BCUT2D eigenvalue weighted by Gasteiger charge is -2.32. The summed E-state index contributed by atoms with van der Waals surface area (Å²) in [5, 5.41) is 9.87. The van der Waals surface area contributed by atoms with Gasteiger partial charge < -0.3 is 5.32 Å². The lowest BCUT2D eigenvalue weighted by molar-refractivity contribution is -0.116. The molecule has 1 fully saturated rings. The SMILES string of the molecule is O=C(CCC1CCCN(Cc2cn[nH]c2-c2ccc(F)cc2)C1)Nc1ccccc1F. The molecule has 0 spiro atoms. The fourth-order valence-corrected chi connectivity index (χ4v) is 4.18. The normalized spacial score (nSPS) is 16.9. The molecule has 5 nitrogen and oxygen atoms in total. The topological polar surface area (TPSA) is 61.0 Å². The highest BCUT2D eigenvalue weighted by atomic mass is 19.1. The predicted molar refractivity (Wildman–Crippen MR) is 116 cm³/mol. The van der Waals surface area contributed by atoms with Gasteiger partial charge in [0, 0.05) is 30.6 Å². The van der Waals surface area contributed by atoms with Gasteiger partial charge >= 0.3 is 0 Å². The third-order valence-corrected chi connectivity index (χ3v) is 5.78. The van der Waals surface area contributed by atoms with Crippen molar-refractivity contribution < 1.29 is 13.6 Å². The second kappa shape index (κ2) is 9.83. The first kappa shape index (κ1) is 21.2. The van der Waals surface area contributed by atoms with Gasteiger partial charge in [-0.3, -0.25) is 14.8 Å². The molecule has 1 unspecified atom stereocenters. The van der Waals surface area contributed by atoms with Gasteiger partial charge in [0.25, 0.3) is 0 Å². The zero-order chi connectivity index (χ0) is 21.6. The Hall–Kier alpha value is -3.06. The van der Waals surface area contributed by atoms with E-state index in [1.165, 1.54) is 18.2 Å². The third kappa shape index (κ3) is 5.55. The van der Waals surface area contributed by atoms with E-state index < -0.39 is 5.82 Å². The molecule has 2 heterocycles. The van der Waals surface area contributed by atoms with Gasteiger partial charge in [-0.1, -0.05) is 12.1 Å². The van der Waals surface area contributed by atoms with Crippen molar-refractivity contribution in [2.24, 2.45) is 5.92 Å². The maximum absolute atomic E-state index is 13.7. The zero-order valence-corrected chi connectivity index (χ0v) is 17.3. The van der Waals surface area contributed by atoms with Crippen LogP contribution < -0.4 is 5.32 Å². The van der Waals surface area contributed by atoms with Crippen LogP contribution >= 0.6 is 0 Å². The van der Waals surface area contributed by atoms with Crippen LogP contribution in [0.15, 0.2) is 54.7 Å². The van der Waals surface area contributed by atoms with Crippen LogP contribution in [0.2, 0.25) is 0 Å². The molecule has 1 aliphatic rings. The van der Waals surface area contributed by atoms with Crippen LogP contribution in [0.5, 0.6) is 0 Å². The van der Waals surface area contributed by atoms with Crippen molar-refractivity contribution in [3.8, 4) is 11.3 Å². The number of halogens is 2. The predicted octanol–water partition coefficient (Wildman–Crippen LogP) is 4.99. The van der Waals surface area contributed by atoms with E-state index in [-0.39, 0.29) is 17.4 Å². The summed E-state index contributed by atoms with van der Waals surface area (Å²) in [5.41, 5.74) is 3.12. The summed E-state index contributed by atoms with van der Waals surface area (Å²) >= 11 is 0. The number of piperidine rings is 1. The number of carbonyl (C=O) groups is 1. The number of hydrogen-bond acceptors (Lipinski definition) is 3. The molecule has 0 radical (unpaired) electrons. The smallest absolute Gasteiger partial charge is 0.224 e. The van der Waals surface area contributed by atoms with E-state index in [0.29, 0.717) is 12.3 Å². The largest absolute Gasteiger partial charge is 0.324 e. The van der Waals surface area contributed by atoms with Crippen LogP contribution in [-0.2, 0) is 11.3 Å². The third-order valence-electron chi connectivity index (χ3n) is 5.78. The van der Waals surface area contributed by atoms with Crippen molar-refractivity contribution in [2.45, 2.75) is 32.2 Å². The molecule has 31 heavy (non-hydrogen) atoms. The summed E-state index contributed by atoms with van der Waals surface area (Å²) in [7, 11) is 0. The summed E-state index contributed by atoms with van der Waals surface area (Å²) in [6, 6.07) is 12.6. The Morgan fingerprint density at radius 2 is 1.97 bits per heavy atom. The molecule has 0 saturated carbocycles. The minimum Gasteiger partial charge on any atom is -0.324 e. The number of H-pyrrole nitrogens is 1. The van der Waals surface area contributed by atoms with E-state index >= 15 is 0 Å². The summed E-state index contributed by atoms with van der Waals surface area (Å²) in [6.45, 7) is 2.65. The molecule has 2 aromatic carbocycles. The molecule has 1 atom stereocenters. The van der Waals surface area contributed by atoms with Crippen molar-refractivity contribution >= 4 is 11.6 Å². The fourth-order valence-electron chi connectivity index (χ4n) is 4.18. The first-order valence-electron chi connectivity index (χ1n) is 10.6. The van der Waals surface area contributed by atoms with E-state index in [9.17, 15) is 13.6 Å². The Balaban J connectivity index is 1.30. The molecule has 4 rings (SSSR count). The number of amides is 1. The Bertz CT molecular complexity index is 1020. The molecule has 162 valence electrons. The minimum absolute atomic E-state index is 0.157. The van der Waals surface area contributed by atoms with E-state index in [0.717, 1.165) is 55.7 Å². The van der Waals surface area contributed by atoms with Crippen LogP contribution in [0.25, 0.3) is 11.3 Å². The van der Waals surface area contributed by atoms with Crippen molar-refractivity contribution in [1.82, 2.24) is 15.1 Å². The van der Waals surface area contributed by atoms with E-state index in [4.69, 9.17) is 0 Å². The van der Waals surface area contributed by atoms with Crippen molar-refractivity contribution in [3.63, 3.8) is 0 Å². The molecule has 1 saturated heterocycles. The number of aromatic nitrogens is 2. The first-order chi connectivity index (χ1) is 15.1. The van der Waals surface area contributed by atoms with Gasteiger partial charge in [0.15, 0.2) is 0 Å². The fraction of sp³-hybridized carbons (Fsp3) is 0.333. The highest BCUT2D eigenvalue weighted by Gasteiger charge is 2.22. The number of benzene rings is 2. The Morgan fingerprint density at radius 1 is 1.16 bits per heavy atom. The van der Waals surface area contributed by atoms with Crippen LogP contribution in [0, 0.1) is 17.6 Å². The molecular formula is C24H26F2N4O. The van der Waals surface area contributed by atoms with Gasteiger partial charge in [0.05, 0.1) is 17.6 Å². The monoisotopic (exact) mass is 424 g/mol. The average molecular weight is 424 g/mol. The number of nitrogens with zero attached hydrogens (tertiary/aromatic N) is 2. The lowest BCUT2D eigenvalue weighted by Crippen LogP contribution is -2.35. The summed E-state index contributed by atoms with van der Waals surface area (Å²) < 4.78 is 26.9. The number of hydrogen-bond donors (Lipinski definition) is 2. The quantitative estimate of drug-likeness (QED) is 0.562. The highest BCUT2D eigenvalue weighted by Crippen LogP contribution is 2.26. The number of anilines is 1. The van der Waals surface area contributed by atoms with Gasteiger partial charge in [-0.15, -0.1) is 0 Å². The van der Waals surface area contributed by atoms with Gasteiger partial charge in [0.1, 0.15) is 11.6 Å². The first-order valence-corrected chi connectivity index (χ1v) is 10.6. The van der Waals surface area contributed by atoms with Crippen LogP contribution in [0.1, 0.15) is 31.2 Å². The van der Waals surface area contributed by atoms with Gasteiger partial charge in [-0.25, -0.2) is 8.78 Å². The van der Waals surface area contributed by atoms with Crippen molar-refractivity contribution in [3.05, 3.63) is 71.9 Å². The highest BCUT2D eigenvalue weighted by molar-refractivity contribution is 5.90. The van der Waals surface area contributed by atoms with E-state index in [2.05, 4.69) is 20.4 Å². The molecular weight excluding hydrogens is 398 g/mol. The molecule has 1 amide bonds. The molecule has 0 aliphatic carbocycles. The molecule has 1 aromatic heterocycles. The average Bonchev–Trinajstić information content (AvgIpc) is 3.23. The standard InChI is InChI=1S/C24H26F2N4O/c25-20-10-8-18(9-11-20)24-19(14-27-29-24)16-30-13-3-4-17(15-30)7-12-23(31)28-22-6-2-1-5-21(22)26/h1-2,5-6,8-11,14,17H,3-4,7,12-13,15-16H2,(H,27,29)(H,28,31). The Morgan fingerprint density at radius 3 is 2.77 bits per heavy atom. The number of para-hydroxylation sites is 1. The maximum atomic E-state index is 13.7. The number of aromatic amines is 1. The number of nitrogens with one attached hydrogen (secondary N) is 2. The lowest BCUT2D eigenvalue weighted by atomic mass is 9.93. The number of rotatable bonds is 7. The summed E-state index contributed by atoms with van der Waals surface area (Å²) in [4.78, 5) is 14.6. The number of likely N-dealkylation sites (tertiary alicyclic amines) is 1. The van der Waals surface area contributed by atoms with Gasteiger partial charge in [-0.2, -0.15) is 5.10 Å². The second-order valence-corrected chi connectivity index (χ2v) is 8.09. The van der Waals surface area contributed by atoms with E-state index in [1.807, 2.05) is 6.20 Å². The molecule has 3 aromatic rings. The Labute approximate surface area is 180 Å². The molecule has 7 heteroatoms. The summed E-state index contributed by atoms with van der Waals surface area (Å²) in [5.74, 6) is -0.420. The van der Waals surface area contributed by atoms with Gasteiger partial charge in [-0.05, 0) is 68.1 Å². The van der Waals surface area contributed by atoms with Crippen molar-refractivity contribution in [2.75, 3.05) is 18.4 Å². The van der Waals surface area contributed by atoms with Gasteiger partial charge in [0.2, 0.25) is 5.91 Å². The molecule has 2 N–H and O–H groups in total. The maximum Gasteiger partial charge on any atom is 0.224 e. The second-order valence-electron chi connectivity index (χ2n) is 8.09. The van der Waals surface area contributed by atoms with Crippen LogP contribution in [0.4, 0.5) is 14.5 Å². The van der Waals surface area contributed by atoms with Crippen LogP contribution in [0.3, 0.4) is 0 Å². The Kier molecular flexibility index (Phi) is 6.72. The molecule has 0 bridgehead atoms. The minimum atomic E-state index is -0.420. The number of carbonyl (C=O) groups excluding carboxylic acids is 1. The van der Waals surface area contributed by atoms with E-state index in [1.54, 1.807) is 30.3 Å². The van der Waals surface area contributed by atoms with Crippen molar-refractivity contribution in [1.29, 1.82) is 0 Å².